The van der Waals surface area contributed by atoms with Crippen molar-refractivity contribution in [3.05, 3.63) is 216 Å². The summed E-state index contributed by atoms with van der Waals surface area (Å²) in [6, 6.07) is 56.8. The van der Waals surface area contributed by atoms with Crippen LogP contribution in [0.2, 0.25) is 0 Å². The minimum atomic E-state index is -0.157. The fraction of sp³-hybridized carbons (Fsp3) is 0.118. The number of benzene rings is 6. The van der Waals surface area contributed by atoms with E-state index in [0.29, 0.717) is 0 Å². The van der Waals surface area contributed by atoms with Gasteiger partial charge >= 0.3 is 0 Å². The fourth-order valence-corrected chi connectivity index (χ4v) is 9.24. The molecule has 1 aromatic heterocycles. The maximum absolute atomic E-state index is 5.34. The van der Waals surface area contributed by atoms with Gasteiger partial charge < -0.3 is 14.8 Å². The SMILES string of the molecule is C1=CC(C2=NC(c3ccccc3)NC(c3ccccc3)N2)CC(n2c3ccccc3c3cc4c(cc32)N(c2ccccc2)C2=CC(c3ccccc3)=CCC24)=C1. The quantitative estimate of drug-likeness (QED) is 0.180. The number of hydrogen-bond donors (Lipinski definition) is 2. The average molecular weight is 724 g/mol. The summed E-state index contributed by atoms with van der Waals surface area (Å²) in [5.41, 5.74) is 13.8. The van der Waals surface area contributed by atoms with E-state index in [1.807, 2.05) is 0 Å². The molecule has 0 amide bonds. The highest BCUT2D eigenvalue weighted by Crippen LogP contribution is 2.54. The summed E-state index contributed by atoms with van der Waals surface area (Å²) in [6.07, 6.45) is 13.2. The van der Waals surface area contributed by atoms with Crippen LogP contribution in [-0.4, -0.2) is 10.4 Å². The third-order valence-electron chi connectivity index (χ3n) is 11.9. The maximum atomic E-state index is 5.34. The maximum Gasteiger partial charge on any atom is 0.129 e. The van der Waals surface area contributed by atoms with Crippen LogP contribution in [0, 0.1) is 5.92 Å². The number of rotatable bonds is 6. The second-order valence-electron chi connectivity index (χ2n) is 15.2. The third kappa shape index (κ3) is 5.54. The highest BCUT2D eigenvalue weighted by atomic mass is 15.3. The van der Waals surface area contributed by atoms with Gasteiger partial charge in [-0.15, -0.1) is 0 Å². The summed E-state index contributed by atoms with van der Waals surface area (Å²) < 4.78 is 2.51. The van der Waals surface area contributed by atoms with Crippen molar-refractivity contribution in [2.24, 2.45) is 10.9 Å². The molecule has 0 bridgehead atoms. The van der Waals surface area contributed by atoms with Crippen molar-refractivity contribution in [1.82, 2.24) is 15.2 Å². The van der Waals surface area contributed by atoms with Gasteiger partial charge in [-0.3, -0.25) is 5.32 Å². The van der Waals surface area contributed by atoms with E-state index in [1.165, 1.54) is 66.8 Å². The second-order valence-corrected chi connectivity index (χ2v) is 15.2. The number of para-hydroxylation sites is 2. The van der Waals surface area contributed by atoms with Gasteiger partial charge in [-0.1, -0.05) is 146 Å². The normalized spacial score (nSPS) is 21.5. The predicted molar refractivity (Wildman–Crippen MR) is 231 cm³/mol. The molecule has 0 spiro atoms. The summed E-state index contributed by atoms with van der Waals surface area (Å²) in [5, 5.41) is 10.2. The number of nitrogens with one attached hydrogen (secondary N) is 2. The van der Waals surface area contributed by atoms with Gasteiger partial charge in [0.25, 0.3) is 0 Å². The Balaban J connectivity index is 1.02. The van der Waals surface area contributed by atoms with Crippen LogP contribution in [0.5, 0.6) is 0 Å². The summed E-state index contributed by atoms with van der Waals surface area (Å²) in [5.74, 6) is 1.36. The van der Waals surface area contributed by atoms with Crippen LogP contribution in [-0.2, 0) is 0 Å². The largest absolute Gasteiger partial charge is 0.354 e. The number of hydrogen-bond acceptors (Lipinski definition) is 4. The molecular weight excluding hydrogens is 683 g/mol. The molecule has 5 nitrogen and oxygen atoms in total. The Labute approximate surface area is 327 Å². The van der Waals surface area contributed by atoms with E-state index >= 15 is 0 Å². The average Bonchev–Trinajstić information content (AvgIpc) is 3.78. The van der Waals surface area contributed by atoms with Gasteiger partial charge in [0, 0.05) is 46.1 Å². The monoisotopic (exact) mass is 723 g/mol. The minimum Gasteiger partial charge on any atom is -0.354 e. The van der Waals surface area contributed by atoms with Gasteiger partial charge in [0.2, 0.25) is 0 Å². The van der Waals surface area contributed by atoms with Crippen molar-refractivity contribution in [3.63, 3.8) is 0 Å². The Bertz CT molecular complexity index is 2760. The van der Waals surface area contributed by atoms with Gasteiger partial charge in [0.05, 0.1) is 16.7 Å². The molecule has 3 heterocycles. The smallest absolute Gasteiger partial charge is 0.129 e. The fourth-order valence-electron chi connectivity index (χ4n) is 9.24. The first-order valence-corrected chi connectivity index (χ1v) is 19.7. The van der Waals surface area contributed by atoms with Crippen molar-refractivity contribution < 1.29 is 0 Å². The van der Waals surface area contributed by atoms with Crippen LogP contribution >= 0.6 is 0 Å². The van der Waals surface area contributed by atoms with E-state index in [0.717, 1.165) is 24.2 Å². The van der Waals surface area contributed by atoms with Crippen molar-refractivity contribution in [3.8, 4) is 0 Å². The molecule has 2 aliphatic heterocycles. The van der Waals surface area contributed by atoms with Gasteiger partial charge in [-0.05, 0) is 76.7 Å². The van der Waals surface area contributed by atoms with E-state index in [2.05, 4.69) is 208 Å². The van der Waals surface area contributed by atoms with Gasteiger partial charge in [0.15, 0.2) is 0 Å². The molecule has 2 N–H and O–H groups in total. The lowest BCUT2D eigenvalue weighted by molar-refractivity contribution is 0.399. The number of aromatic nitrogens is 1. The Kier molecular flexibility index (Phi) is 7.92. The molecule has 0 fully saturated rings. The van der Waals surface area contributed by atoms with Crippen molar-refractivity contribution >= 4 is 50.3 Å². The molecule has 0 saturated heterocycles. The topological polar surface area (TPSA) is 44.6 Å². The highest BCUT2D eigenvalue weighted by Gasteiger charge is 2.37. The van der Waals surface area contributed by atoms with Crippen LogP contribution in [0.15, 0.2) is 199 Å². The number of anilines is 2. The number of fused-ring (bicyclic) bond motifs is 6. The molecule has 270 valence electrons. The lowest BCUT2D eigenvalue weighted by Gasteiger charge is -2.35. The third-order valence-corrected chi connectivity index (χ3v) is 11.9. The van der Waals surface area contributed by atoms with Gasteiger partial charge in [-0.2, -0.15) is 0 Å². The Morgan fingerprint density at radius 1 is 0.661 bits per heavy atom. The molecule has 6 aromatic carbocycles. The van der Waals surface area contributed by atoms with Crippen molar-refractivity contribution in [2.75, 3.05) is 4.90 Å². The molecule has 11 rings (SSSR count). The summed E-state index contributed by atoms with van der Waals surface area (Å²) in [7, 11) is 0. The van der Waals surface area contributed by atoms with Crippen LogP contribution in [0.25, 0.3) is 33.1 Å². The molecule has 7 aromatic rings. The molecule has 5 heteroatoms. The van der Waals surface area contributed by atoms with Crippen molar-refractivity contribution in [1.29, 1.82) is 0 Å². The first kappa shape index (κ1) is 32.7. The molecule has 4 unspecified atom stereocenters. The zero-order valence-electron chi connectivity index (χ0n) is 31.0. The summed E-state index contributed by atoms with van der Waals surface area (Å²) in [4.78, 5) is 7.85. The Hall–Kier alpha value is -6.69. The first-order chi connectivity index (χ1) is 27.8. The van der Waals surface area contributed by atoms with Gasteiger partial charge in [0.1, 0.15) is 18.2 Å². The van der Waals surface area contributed by atoms with E-state index in [9.17, 15) is 0 Å². The Morgan fingerprint density at radius 3 is 2.14 bits per heavy atom. The molecule has 0 saturated carbocycles. The van der Waals surface area contributed by atoms with Crippen LogP contribution in [0.1, 0.15) is 53.3 Å². The lowest BCUT2D eigenvalue weighted by Crippen LogP contribution is -2.47. The van der Waals surface area contributed by atoms with Crippen LogP contribution in [0.3, 0.4) is 0 Å². The molecule has 4 aliphatic rings. The highest BCUT2D eigenvalue weighted by molar-refractivity contribution is 6.12. The molecule has 56 heavy (non-hydrogen) atoms. The summed E-state index contributed by atoms with van der Waals surface area (Å²) in [6.45, 7) is 0. The number of nitrogens with zero attached hydrogens (tertiary/aromatic N) is 3. The predicted octanol–water partition coefficient (Wildman–Crippen LogP) is 11.8. The van der Waals surface area contributed by atoms with Crippen molar-refractivity contribution in [2.45, 2.75) is 31.1 Å². The first-order valence-electron chi connectivity index (χ1n) is 19.7. The van der Waals surface area contributed by atoms with Gasteiger partial charge in [-0.25, -0.2) is 4.99 Å². The van der Waals surface area contributed by atoms with E-state index in [-0.39, 0.29) is 24.2 Å². The standard InChI is InChI=1S/C51H41N5/c1-5-16-34(17-6-1)37-28-29-42-44-32-43-41-26-13-14-27-45(41)56(48(43)33-47(44)55(46(42)31-37)39-23-11-4-12-24-39)40-25-15-22-38(30-40)51-53-49(35-18-7-2-8-19-35)52-50(54-51)36-20-9-3-10-21-36/h1-28,31-33,38,42,49-50,52H,29-30H2,(H,53,54). The van der Waals surface area contributed by atoms with Crippen LogP contribution < -0.4 is 15.5 Å². The molecule has 0 radical (unpaired) electrons. The number of amidine groups is 1. The molecular formula is C51H41N5. The second kappa shape index (κ2) is 13.6. The van der Waals surface area contributed by atoms with E-state index in [1.54, 1.807) is 0 Å². The number of allylic oxidation sites excluding steroid dienone is 7. The van der Waals surface area contributed by atoms with Crippen LogP contribution in [0.4, 0.5) is 11.4 Å². The van der Waals surface area contributed by atoms with E-state index < -0.39 is 0 Å². The molecule has 2 aliphatic carbocycles. The number of aliphatic imine (C=N–C) groups is 1. The van der Waals surface area contributed by atoms with E-state index in [4.69, 9.17) is 4.99 Å². The zero-order valence-corrected chi connectivity index (χ0v) is 31.0. The Morgan fingerprint density at radius 2 is 1.36 bits per heavy atom. The lowest BCUT2D eigenvalue weighted by atomic mass is 9.87. The zero-order chi connectivity index (χ0) is 37.0. The molecule has 4 atom stereocenters. The summed E-state index contributed by atoms with van der Waals surface area (Å²) >= 11 is 0. The minimum absolute atomic E-state index is 0.0637.